The van der Waals surface area contributed by atoms with Crippen molar-refractivity contribution in [2.75, 3.05) is 0 Å². The molecule has 0 saturated carbocycles. The molecule has 32 heavy (non-hydrogen) atoms. The Labute approximate surface area is 173 Å². The van der Waals surface area contributed by atoms with Gasteiger partial charge in [0.15, 0.2) is 28.8 Å². The molecule has 4 aromatic rings. The molecule has 0 saturated heterocycles. The molecule has 0 aliphatic rings. The quantitative estimate of drug-likeness (QED) is 0.345. The van der Waals surface area contributed by atoms with Gasteiger partial charge in [-0.3, -0.25) is 4.79 Å². The number of hydrogen-bond acceptors (Lipinski definition) is 7. The van der Waals surface area contributed by atoms with Crippen LogP contribution in [0.2, 0.25) is 0 Å². The Morgan fingerprint density at radius 3 is 1.41 bits per heavy atom. The summed E-state index contributed by atoms with van der Waals surface area (Å²) in [6.45, 7) is 0. The number of carbonyl (C=O) groups is 1. The highest BCUT2D eigenvalue weighted by Gasteiger charge is 2.42. The molecule has 4 aromatic heterocycles. The Hall–Kier alpha value is -4.17. The summed E-state index contributed by atoms with van der Waals surface area (Å²) < 4.78 is 83.5. The lowest BCUT2D eigenvalue weighted by atomic mass is 9.99. The average Bonchev–Trinajstić information content (AvgIpc) is 3.45. The van der Waals surface area contributed by atoms with Crippen LogP contribution in [0.15, 0.2) is 49.6 Å². The second-order valence-electron chi connectivity index (χ2n) is 6.14. The molecule has 4 heterocycles. The second-order valence-corrected chi connectivity index (χ2v) is 6.14. The standard InChI is InChI=1S/C17H8F6N8O/c18-16(19,20)14-9(1-3-11(28-14)30-7-24-5-26-30)13(32)10-2-4-12(31-8-25-6-27-31)29-15(10)17(21,22)23/h1-8H. The zero-order chi connectivity index (χ0) is 23.1. The van der Waals surface area contributed by atoms with Crippen molar-refractivity contribution in [2.45, 2.75) is 12.4 Å². The Balaban J connectivity index is 1.85. The highest BCUT2D eigenvalue weighted by Crippen LogP contribution is 2.35. The van der Waals surface area contributed by atoms with E-state index in [1.807, 2.05) is 0 Å². The molecule has 0 spiro atoms. The first kappa shape index (κ1) is 21.1. The van der Waals surface area contributed by atoms with Crippen molar-refractivity contribution in [3.63, 3.8) is 0 Å². The number of aromatic nitrogens is 8. The topological polar surface area (TPSA) is 104 Å². The van der Waals surface area contributed by atoms with Crippen LogP contribution >= 0.6 is 0 Å². The largest absolute Gasteiger partial charge is 0.434 e. The van der Waals surface area contributed by atoms with Gasteiger partial charge in [-0.05, 0) is 24.3 Å². The molecule has 0 aliphatic heterocycles. The number of pyridine rings is 2. The predicted octanol–water partition coefficient (Wildman–Crippen LogP) is 2.91. The van der Waals surface area contributed by atoms with Crippen molar-refractivity contribution in [1.29, 1.82) is 0 Å². The zero-order valence-corrected chi connectivity index (χ0v) is 15.4. The molecular formula is C17H8F6N8O. The van der Waals surface area contributed by atoms with Gasteiger partial charge in [-0.2, -0.15) is 36.5 Å². The molecule has 0 aromatic carbocycles. The van der Waals surface area contributed by atoms with Gasteiger partial charge in [-0.15, -0.1) is 0 Å². The Morgan fingerprint density at radius 1 is 0.688 bits per heavy atom. The summed E-state index contributed by atoms with van der Waals surface area (Å²) in [6.07, 6.45) is -6.06. The van der Waals surface area contributed by atoms with Crippen LogP contribution in [0.25, 0.3) is 11.6 Å². The minimum absolute atomic E-state index is 0.331. The van der Waals surface area contributed by atoms with Gasteiger partial charge >= 0.3 is 12.4 Å². The van der Waals surface area contributed by atoms with Crippen LogP contribution in [-0.4, -0.2) is 45.3 Å². The van der Waals surface area contributed by atoms with Crippen LogP contribution in [-0.2, 0) is 12.4 Å². The first-order valence-corrected chi connectivity index (χ1v) is 8.47. The van der Waals surface area contributed by atoms with Gasteiger partial charge in [0.25, 0.3) is 0 Å². The van der Waals surface area contributed by atoms with Crippen molar-refractivity contribution in [3.05, 3.63) is 72.1 Å². The van der Waals surface area contributed by atoms with Gasteiger partial charge in [0, 0.05) is 0 Å². The maximum absolute atomic E-state index is 13.6. The van der Waals surface area contributed by atoms with Crippen molar-refractivity contribution < 1.29 is 31.1 Å². The summed E-state index contributed by atoms with van der Waals surface area (Å²) in [7, 11) is 0. The fraction of sp³-hybridized carbons (Fsp3) is 0.118. The molecule has 0 amide bonds. The third-order valence-corrected chi connectivity index (χ3v) is 4.09. The van der Waals surface area contributed by atoms with E-state index in [1.165, 1.54) is 0 Å². The number of carbonyl (C=O) groups excluding carboxylic acids is 1. The third-order valence-electron chi connectivity index (χ3n) is 4.09. The minimum Gasteiger partial charge on any atom is -0.288 e. The minimum atomic E-state index is -5.14. The Kier molecular flexibility index (Phi) is 4.94. The lowest BCUT2D eigenvalue weighted by Gasteiger charge is -2.15. The Bertz CT molecular complexity index is 1170. The fourth-order valence-corrected chi connectivity index (χ4v) is 2.75. The molecule has 15 heteroatoms. The first-order valence-electron chi connectivity index (χ1n) is 8.47. The molecule has 0 radical (unpaired) electrons. The summed E-state index contributed by atoms with van der Waals surface area (Å²) in [5.41, 5.74) is -5.52. The average molecular weight is 454 g/mol. The molecule has 9 nitrogen and oxygen atoms in total. The molecule has 0 bridgehead atoms. The van der Waals surface area contributed by atoms with Crippen LogP contribution in [0.3, 0.4) is 0 Å². The summed E-state index contributed by atoms with van der Waals surface area (Å²) in [6, 6.07) is 3.45. The molecule has 0 aliphatic carbocycles. The zero-order valence-electron chi connectivity index (χ0n) is 15.4. The number of rotatable bonds is 4. The van der Waals surface area contributed by atoms with E-state index in [2.05, 4.69) is 30.1 Å². The highest BCUT2D eigenvalue weighted by molar-refractivity contribution is 6.10. The van der Waals surface area contributed by atoms with Crippen LogP contribution < -0.4 is 0 Å². The summed E-state index contributed by atoms with van der Waals surface area (Å²) >= 11 is 0. The Morgan fingerprint density at radius 2 is 1.09 bits per heavy atom. The monoisotopic (exact) mass is 454 g/mol. The van der Waals surface area contributed by atoms with Crippen LogP contribution in [0, 0.1) is 0 Å². The highest BCUT2D eigenvalue weighted by atomic mass is 19.4. The van der Waals surface area contributed by atoms with E-state index in [0.717, 1.165) is 58.9 Å². The number of hydrogen-bond donors (Lipinski definition) is 0. The van der Waals surface area contributed by atoms with E-state index in [-0.39, 0.29) is 11.6 Å². The lowest BCUT2D eigenvalue weighted by Crippen LogP contribution is -2.21. The summed E-state index contributed by atoms with van der Waals surface area (Å²) in [4.78, 5) is 26.7. The molecule has 0 fully saturated rings. The summed E-state index contributed by atoms with van der Waals surface area (Å²) in [5, 5.41) is 7.28. The third kappa shape index (κ3) is 3.91. The van der Waals surface area contributed by atoms with E-state index >= 15 is 0 Å². The first-order chi connectivity index (χ1) is 15.1. The molecule has 0 N–H and O–H groups in total. The van der Waals surface area contributed by atoms with Gasteiger partial charge in [-0.25, -0.2) is 29.3 Å². The number of halogens is 6. The lowest BCUT2D eigenvalue weighted by molar-refractivity contribution is -0.141. The molecular weight excluding hydrogens is 446 g/mol. The summed E-state index contributed by atoms with van der Waals surface area (Å²) in [5.74, 6) is -2.22. The number of alkyl halides is 6. The van der Waals surface area contributed by atoms with E-state index < -0.39 is 40.7 Å². The van der Waals surface area contributed by atoms with E-state index in [1.54, 1.807) is 0 Å². The molecule has 4 rings (SSSR count). The number of nitrogens with zero attached hydrogens (tertiary/aromatic N) is 8. The van der Waals surface area contributed by atoms with Gasteiger partial charge in [0.1, 0.15) is 25.3 Å². The second kappa shape index (κ2) is 7.51. The smallest absolute Gasteiger partial charge is 0.288 e. The van der Waals surface area contributed by atoms with Crippen molar-refractivity contribution >= 4 is 5.78 Å². The van der Waals surface area contributed by atoms with Gasteiger partial charge < -0.3 is 0 Å². The maximum Gasteiger partial charge on any atom is 0.434 e. The van der Waals surface area contributed by atoms with Gasteiger partial charge in [0.2, 0.25) is 0 Å². The van der Waals surface area contributed by atoms with E-state index in [0.29, 0.717) is 0 Å². The molecule has 0 unspecified atom stereocenters. The van der Waals surface area contributed by atoms with Crippen LogP contribution in [0.1, 0.15) is 27.3 Å². The van der Waals surface area contributed by atoms with Crippen molar-refractivity contribution in [3.8, 4) is 11.6 Å². The maximum atomic E-state index is 13.6. The van der Waals surface area contributed by atoms with Gasteiger partial charge in [0.05, 0.1) is 11.1 Å². The molecule has 164 valence electrons. The van der Waals surface area contributed by atoms with Crippen molar-refractivity contribution in [2.24, 2.45) is 0 Å². The van der Waals surface area contributed by atoms with E-state index in [9.17, 15) is 31.1 Å². The van der Waals surface area contributed by atoms with Gasteiger partial charge in [-0.1, -0.05) is 0 Å². The fourth-order valence-electron chi connectivity index (χ4n) is 2.75. The SMILES string of the molecule is O=C(c1ccc(-n2cncn2)nc1C(F)(F)F)c1ccc(-n2cncn2)nc1C(F)(F)F. The normalized spacial score (nSPS) is 12.2. The van der Waals surface area contributed by atoms with Crippen LogP contribution in [0.4, 0.5) is 26.3 Å². The predicted molar refractivity (Wildman–Crippen MR) is 91.7 cm³/mol. The van der Waals surface area contributed by atoms with Crippen LogP contribution in [0.5, 0.6) is 0 Å². The number of ketones is 1. The molecule has 0 atom stereocenters. The van der Waals surface area contributed by atoms with Crippen molar-refractivity contribution in [1.82, 2.24) is 39.5 Å². The van der Waals surface area contributed by atoms with E-state index in [4.69, 9.17) is 0 Å².